The summed E-state index contributed by atoms with van der Waals surface area (Å²) in [7, 11) is 0. The Labute approximate surface area is 192 Å². The van der Waals surface area contributed by atoms with Crippen LogP contribution in [0.5, 0.6) is 0 Å². The summed E-state index contributed by atoms with van der Waals surface area (Å²) in [6.07, 6.45) is -1.68. The molecule has 3 fully saturated rings. The molecule has 6 atom stereocenters. The van der Waals surface area contributed by atoms with Gasteiger partial charge in [-0.25, -0.2) is 0 Å². The molecule has 3 heterocycles. The van der Waals surface area contributed by atoms with E-state index in [4.69, 9.17) is 28.4 Å². The third kappa shape index (κ3) is 6.43. The van der Waals surface area contributed by atoms with E-state index in [0.717, 1.165) is 0 Å². The summed E-state index contributed by atoms with van der Waals surface area (Å²) in [5.41, 5.74) is -0.270. The predicted octanol–water partition coefficient (Wildman–Crippen LogP) is 3.31. The van der Waals surface area contributed by atoms with Crippen LogP contribution < -0.4 is 0 Å². The Hall–Kier alpha value is -0.760. The first-order valence-electron chi connectivity index (χ1n) is 11.6. The van der Waals surface area contributed by atoms with Crippen LogP contribution in [-0.4, -0.2) is 77.3 Å². The Morgan fingerprint density at radius 2 is 1.69 bits per heavy atom. The zero-order chi connectivity index (χ0) is 23.9. The van der Waals surface area contributed by atoms with Gasteiger partial charge in [-0.3, -0.25) is 0 Å². The monoisotopic (exact) mass is 455 g/mol. The second kappa shape index (κ2) is 9.47. The Balaban J connectivity index is 1.77. The van der Waals surface area contributed by atoms with Gasteiger partial charge in [-0.05, 0) is 60.8 Å². The SMILES string of the molecule is CC(C)C[C@H](C#CCOC(C)(C)C)N(O)[C@@H]1O[C@H]([C@H]2COC(C)(C)O2)[C@@H]2OC(C)(C)O[C@@H]21. The smallest absolute Gasteiger partial charge is 0.164 e. The summed E-state index contributed by atoms with van der Waals surface area (Å²) in [6.45, 7) is 18.3. The minimum absolute atomic E-state index is 0.270. The Kier molecular flexibility index (Phi) is 7.65. The maximum atomic E-state index is 11.3. The molecule has 1 N–H and O–H groups in total. The maximum absolute atomic E-state index is 11.3. The highest BCUT2D eigenvalue weighted by Gasteiger charge is 2.60. The van der Waals surface area contributed by atoms with E-state index in [1.165, 1.54) is 5.06 Å². The Morgan fingerprint density at radius 3 is 2.25 bits per heavy atom. The van der Waals surface area contributed by atoms with E-state index in [1.807, 2.05) is 48.5 Å². The lowest BCUT2D eigenvalue weighted by atomic mass is 10.0. The minimum atomic E-state index is -0.787. The zero-order valence-electron chi connectivity index (χ0n) is 21.0. The van der Waals surface area contributed by atoms with Crippen LogP contribution in [0, 0.1) is 17.8 Å². The molecule has 0 unspecified atom stereocenters. The van der Waals surface area contributed by atoms with Crippen molar-refractivity contribution in [3.63, 3.8) is 0 Å². The van der Waals surface area contributed by atoms with Crippen LogP contribution in [0.2, 0.25) is 0 Å². The average molecular weight is 456 g/mol. The van der Waals surface area contributed by atoms with Crippen molar-refractivity contribution in [2.45, 2.75) is 123 Å². The lowest BCUT2D eigenvalue weighted by Crippen LogP contribution is -2.47. The van der Waals surface area contributed by atoms with Gasteiger partial charge in [-0.15, -0.1) is 5.06 Å². The standard InChI is InChI=1S/C24H41NO7/c1-15(2)13-16(11-10-12-27-22(3,4)5)25(26)21-20-19(31-24(8,9)32-20)18(29-21)17-14-28-23(6,7)30-17/h15-21,26H,12-14H2,1-9H3/t16-,17+,18+,19-,20-,21+/m0/s1. The number of hydrogen-bond acceptors (Lipinski definition) is 8. The van der Waals surface area contributed by atoms with Gasteiger partial charge in [0.1, 0.15) is 31.0 Å². The van der Waals surface area contributed by atoms with Gasteiger partial charge >= 0.3 is 0 Å². The molecule has 0 aliphatic carbocycles. The fourth-order valence-electron chi connectivity index (χ4n) is 4.27. The molecule has 184 valence electrons. The predicted molar refractivity (Wildman–Crippen MR) is 118 cm³/mol. The van der Waals surface area contributed by atoms with E-state index >= 15 is 0 Å². The topological polar surface area (TPSA) is 78.9 Å². The van der Waals surface area contributed by atoms with Crippen LogP contribution in [0.25, 0.3) is 0 Å². The second-order valence-electron chi connectivity index (χ2n) is 11.2. The van der Waals surface area contributed by atoms with E-state index in [2.05, 4.69) is 25.7 Å². The maximum Gasteiger partial charge on any atom is 0.164 e. The van der Waals surface area contributed by atoms with Crippen LogP contribution in [0.3, 0.4) is 0 Å². The normalized spacial score (nSPS) is 34.6. The lowest BCUT2D eigenvalue weighted by Gasteiger charge is -2.32. The van der Waals surface area contributed by atoms with Crippen molar-refractivity contribution < 1.29 is 33.6 Å². The number of fused-ring (bicyclic) bond motifs is 1. The number of ether oxygens (including phenoxy) is 6. The van der Waals surface area contributed by atoms with Crippen molar-refractivity contribution >= 4 is 0 Å². The van der Waals surface area contributed by atoms with E-state index in [1.54, 1.807) is 0 Å². The lowest BCUT2D eigenvalue weighted by molar-refractivity contribution is -0.278. The molecule has 0 saturated carbocycles. The summed E-state index contributed by atoms with van der Waals surface area (Å²) in [4.78, 5) is 0. The van der Waals surface area contributed by atoms with E-state index in [0.29, 0.717) is 25.6 Å². The quantitative estimate of drug-likeness (QED) is 0.483. The first-order valence-corrected chi connectivity index (χ1v) is 11.6. The number of hydrogen-bond donors (Lipinski definition) is 1. The Bertz CT molecular complexity index is 705. The molecular formula is C24H41NO7. The van der Waals surface area contributed by atoms with E-state index in [9.17, 15) is 5.21 Å². The van der Waals surface area contributed by atoms with Gasteiger partial charge in [0.2, 0.25) is 0 Å². The molecule has 0 aromatic carbocycles. The van der Waals surface area contributed by atoms with E-state index < -0.39 is 36.1 Å². The highest BCUT2D eigenvalue weighted by Crippen LogP contribution is 2.43. The van der Waals surface area contributed by atoms with Crippen molar-refractivity contribution in [2.75, 3.05) is 13.2 Å². The molecule has 3 aliphatic rings. The van der Waals surface area contributed by atoms with Gasteiger partial charge in [-0.1, -0.05) is 25.7 Å². The number of rotatable bonds is 6. The third-order valence-corrected chi connectivity index (χ3v) is 5.58. The number of hydroxylamine groups is 2. The highest BCUT2D eigenvalue weighted by molar-refractivity contribution is 5.10. The van der Waals surface area contributed by atoms with Gasteiger partial charge in [0, 0.05) is 0 Å². The van der Waals surface area contributed by atoms with Crippen LogP contribution in [-0.2, 0) is 28.4 Å². The molecule has 8 nitrogen and oxygen atoms in total. The zero-order valence-corrected chi connectivity index (χ0v) is 21.0. The fraction of sp³-hybridized carbons (Fsp3) is 0.917. The highest BCUT2D eigenvalue weighted by atomic mass is 16.8. The van der Waals surface area contributed by atoms with Gasteiger partial charge in [0.25, 0.3) is 0 Å². The molecule has 3 rings (SSSR count). The molecule has 0 aromatic rings. The molecular weight excluding hydrogens is 414 g/mol. The molecule has 0 bridgehead atoms. The number of nitrogens with zero attached hydrogens (tertiary/aromatic N) is 1. The second-order valence-corrected chi connectivity index (χ2v) is 11.2. The molecule has 8 heteroatoms. The summed E-state index contributed by atoms with van der Waals surface area (Å²) in [5.74, 6) is 5.08. The van der Waals surface area contributed by atoms with Gasteiger partial charge in [0.05, 0.1) is 18.2 Å². The molecule has 0 radical (unpaired) electrons. The van der Waals surface area contributed by atoms with Crippen molar-refractivity contribution in [3.8, 4) is 11.8 Å². The first kappa shape index (κ1) is 25.9. The third-order valence-electron chi connectivity index (χ3n) is 5.58. The van der Waals surface area contributed by atoms with Crippen molar-refractivity contribution in [1.29, 1.82) is 0 Å². The molecule has 0 amide bonds. The average Bonchev–Trinajstić information content (AvgIpc) is 3.25. The fourth-order valence-corrected chi connectivity index (χ4v) is 4.27. The summed E-state index contributed by atoms with van der Waals surface area (Å²) < 4.78 is 36.1. The Morgan fingerprint density at radius 1 is 1.03 bits per heavy atom. The molecule has 0 spiro atoms. The van der Waals surface area contributed by atoms with Gasteiger partial charge in [-0.2, -0.15) is 0 Å². The van der Waals surface area contributed by atoms with Crippen LogP contribution in [0.15, 0.2) is 0 Å². The van der Waals surface area contributed by atoms with Crippen molar-refractivity contribution in [3.05, 3.63) is 0 Å². The largest absolute Gasteiger partial charge is 0.363 e. The summed E-state index contributed by atoms with van der Waals surface area (Å²) in [5, 5.41) is 12.4. The minimum Gasteiger partial charge on any atom is -0.363 e. The van der Waals surface area contributed by atoms with Crippen LogP contribution in [0.4, 0.5) is 0 Å². The van der Waals surface area contributed by atoms with Crippen LogP contribution in [0.1, 0.15) is 68.7 Å². The first-order chi connectivity index (χ1) is 14.7. The molecule has 3 aliphatic heterocycles. The summed E-state index contributed by atoms with van der Waals surface area (Å²) in [6, 6.07) is -0.438. The van der Waals surface area contributed by atoms with Crippen LogP contribution >= 0.6 is 0 Å². The molecule has 3 saturated heterocycles. The van der Waals surface area contributed by atoms with Crippen molar-refractivity contribution in [1.82, 2.24) is 5.06 Å². The van der Waals surface area contributed by atoms with Gasteiger partial charge < -0.3 is 33.6 Å². The molecule has 0 aromatic heterocycles. The van der Waals surface area contributed by atoms with E-state index in [-0.39, 0.29) is 17.8 Å². The van der Waals surface area contributed by atoms with Gasteiger partial charge in [0.15, 0.2) is 17.8 Å². The summed E-state index contributed by atoms with van der Waals surface area (Å²) >= 11 is 0. The van der Waals surface area contributed by atoms with Crippen molar-refractivity contribution in [2.24, 2.45) is 5.92 Å². The molecule has 32 heavy (non-hydrogen) atoms.